The van der Waals surface area contributed by atoms with Crippen LogP contribution in [0.25, 0.3) is 0 Å². The average Bonchev–Trinajstić information content (AvgIpc) is 2.38. The Morgan fingerprint density at radius 2 is 1.72 bits per heavy atom. The fraction of sp³-hybridized carbons (Fsp3) is 0.733. The molecule has 18 heavy (non-hydrogen) atoms. The van der Waals surface area contributed by atoms with Gasteiger partial charge in [0.05, 0.1) is 6.54 Å². The molecule has 4 saturated carbocycles. The van der Waals surface area contributed by atoms with Crippen LogP contribution in [-0.2, 0) is 6.54 Å². The van der Waals surface area contributed by atoms with Gasteiger partial charge in [-0.05, 0) is 61.8 Å². The first-order chi connectivity index (χ1) is 8.83. The van der Waals surface area contributed by atoms with Crippen molar-refractivity contribution in [2.24, 2.45) is 29.4 Å². The van der Waals surface area contributed by atoms with Gasteiger partial charge in [-0.1, -0.05) is 0 Å². The van der Waals surface area contributed by atoms with Crippen LogP contribution in [0.4, 0.5) is 0 Å². The molecule has 0 aliphatic heterocycles. The minimum atomic E-state index is 0.459. The molecule has 1 aromatic rings. The molecule has 3 heteroatoms. The van der Waals surface area contributed by atoms with Crippen LogP contribution in [0.1, 0.15) is 49.5 Å². The highest BCUT2D eigenvalue weighted by Gasteiger charge is 2.49. The van der Waals surface area contributed by atoms with Crippen molar-refractivity contribution in [3.63, 3.8) is 0 Å². The maximum Gasteiger partial charge on any atom is 0.142 e. The van der Waals surface area contributed by atoms with Crippen molar-refractivity contribution in [3.8, 4) is 0 Å². The first-order valence-corrected chi connectivity index (χ1v) is 7.35. The molecular weight excluding hydrogens is 222 g/mol. The lowest BCUT2D eigenvalue weighted by atomic mass is 9.51. The minimum absolute atomic E-state index is 0.459. The minimum Gasteiger partial charge on any atom is -0.324 e. The third-order valence-corrected chi connectivity index (χ3v) is 5.48. The van der Waals surface area contributed by atoms with E-state index in [0.29, 0.717) is 12.5 Å². The second-order valence-electron chi connectivity index (χ2n) is 6.56. The Bertz CT molecular complexity index is 429. The van der Waals surface area contributed by atoms with E-state index in [4.69, 9.17) is 10.7 Å². The summed E-state index contributed by atoms with van der Waals surface area (Å²) in [5.74, 6) is 5.34. The van der Waals surface area contributed by atoms with Crippen molar-refractivity contribution in [1.29, 1.82) is 0 Å². The standard InChI is InChI=1S/C15H21N3/c16-8-14-17-2-1-13(18-14)15-11-4-9-3-10(6-11)7-12(15)5-9/h1-2,9-12,15H,3-8,16H2. The summed E-state index contributed by atoms with van der Waals surface area (Å²) in [5, 5.41) is 0. The lowest BCUT2D eigenvalue weighted by molar-refractivity contribution is -0.00425. The van der Waals surface area contributed by atoms with E-state index >= 15 is 0 Å². The van der Waals surface area contributed by atoms with E-state index in [-0.39, 0.29) is 0 Å². The topological polar surface area (TPSA) is 51.8 Å². The maximum absolute atomic E-state index is 5.67. The van der Waals surface area contributed by atoms with Gasteiger partial charge >= 0.3 is 0 Å². The van der Waals surface area contributed by atoms with E-state index in [1.807, 2.05) is 6.20 Å². The summed E-state index contributed by atoms with van der Waals surface area (Å²) < 4.78 is 0. The fourth-order valence-electron chi connectivity index (χ4n) is 5.11. The summed E-state index contributed by atoms with van der Waals surface area (Å²) in [6.45, 7) is 0.459. The number of nitrogens with two attached hydrogens (primary N) is 1. The van der Waals surface area contributed by atoms with Crippen molar-refractivity contribution in [2.75, 3.05) is 0 Å². The van der Waals surface area contributed by atoms with Crippen LogP contribution in [0.2, 0.25) is 0 Å². The molecule has 4 aliphatic rings. The third-order valence-electron chi connectivity index (χ3n) is 5.48. The van der Waals surface area contributed by atoms with Crippen LogP contribution >= 0.6 is 0 Å². The van der Waals surface area contributed by atoms with E-state index in [1.54, 1.807) is 0 Å². The third kappa shape index (κ3) is 1.60. The van der Waals surface area contributed by atoms with Crippen molar-refractivity contribution >= 4 is 0 Å². The zero-order valence-electron chi connectivity index (χ0n) is 10.8. The molecule has 0 radical (unpaired) electrons. The molecule has 0 aromatic carbocycles. The molecule has 4 aliphatic carbocycles. The summed E-state index contributed by atoms with van der Waals surface area (Å²) >= 11 is 0. The molecule has 96 valence electrons. The van der Waals surface area contributed by atoms with Crippen LogP contribution in [0.15, 0.2) is 12.3 Å². The quantitative estimate of drug-likeness (QED) is 0.868. The average molecular weight is 243 g/mol. The first kappa shape index (κ1) is 10.9. The molecule has 0 spiro atoms. The first-order valence-electron chi connectivity index (χ1n) is 7.35. The molecule has 1 heterocycles. The van der Waals surface area contributed by atoms with Gasteiger partial charge in [-0.15, -0.1) is 0 Å². The summed E-state index contributed by atoms with van der Waals surface area (Å²) in [6.07, 6.45) is 9.19. The van der Waals surface area contributed by atoms with Crippen molar-refractivity contribution in [3.05, 3.63) is 23.8 Å². The van der Waals surface area contributed by atoms with Crippen LogP contribution < -0.4 is 5.73 Å². The fourth-order valence-corrected chi connectivity index (χ4v) is 5.11. The molecule has 0 saturated heterocycles. The van der Waals surface area contributed by atoms with E-state index in [9.17, 15) is 0 Å². The van der Waals surface area contributed by atoms with Gasteiger partial charge in [0.15, 0.2) is 0 Å². The van der Waals surface area contributed by atoms with Crippen LogP contribution in [0, 0.1) is 23.7 Å². The van der Waals surface area contributed by atoms with E-state index < -0.39 is 0 Å². The van der Waals surface area contributed by atoms with Crippen LogP contribution in [0.5, 0.6) is 0 Å². The molecule has 1 aromatic heterocycles. The van der Waals surface area contributed by atoms with Gasteiger partial charge in [-0.3, -0.25) is 0 Å². The predicted octanol–water partition coefficient (Wildman–Crippen LogP) is 2.48. The summed E-state index contributed by atoms with van der Waals surface area (Å²) in [7, 11) is 0. The lowest BCUT2D eigenvalue weighted by Gasteiger charge is -2.54. The Hall–Kier alpha value is -0.960. The lowest BCUT2D eigenvalue weighted by Crippen LogP contribution is -2.44. The second-order valence-corrected chi connectivity index (χ2v) is 6.56. The SMILES string of the molecule is NCc1nccc(C2C3CC4CC(C3)CC2C4)n1. The Balaban J connectivity index is 1.68. The number of hydrogen-bond donors (Lipinski definition) is 1. The molecule has 5 rings (SSSR count). The van der Waals surface area contributed by atoms with Gasteiger partial charge in [0.1, 0.15) is 5.82 Å². The molecule has 3 nitrogen and oxygen atoms in total. The zero-order valence-corrected chi connectivity index (χ0v) is 10.8. The van der Waals surface area contributed by atoms with Gasteiger partial charge in [0.2, 0.25) is 0 Å². The molecule has 0 amide bonds. The highest BCUT2D eigenvalue weighted by atomic mass is 14.9. The van der Waals surface area contributed by atoms with Crippen molar-refractivity contribution < 1.29 is 0 Å². The van der Waals surface area contributed by atoms with Gasteiger partial charge in [0.25, 0.3) is 0 Å². The molecule has 4 fully saturated rings. The Kier molecular flexibility index (Phi) is 2.44. The smallest absolute Gasteiger partial charge is 0.142 e. The highest BCUT2D eigenvalue weighted by molar-refractivity contribution is 5.16. The molecule has 0 unspecified atom stereocenters. The maximum atomic E-state index is 5.67. The predicted molar refractivity (Wildman–Crippen MR) is 69.7 cm³/mol. The Morgan fingerprint density at radius 3 is 2.33 bits per heavy atom. The Morgan fingerprint density at radius 1 is 1.06 bits per heavy atom. The number of aromatic nitrogens is 2. The van der Waals surface area contributed by atoms with Gasteiger partial charge in [-0.25, -0.2) is 9.97 Å². The summed E-state index contributed by atoms with van der Waals surface area (Å²) in [4.78, 5) is 8.94. The van der Waals surface area contributed by atoms with E-state index in [1.165, 1.54) is 37.8 Å². The van der Waals surface area contributed by atoms with E-state index in [2.05, 4.69) is 11.1 Å². The van der Waals surface area contributed by atoms with Gasteiger partial charge < -0.3 is 5.73 Å². The second kappa shape index (κ2) is 4.02. The number of rotatable bonds is 2. The summed E-state index contributed by atoms with van der Waals surface area (Å²) in [5.41, 5.74) is 6.95. The summed E-state index contributed by atoms with van der Waals surface area (Å²) in [6, 6.07) is 2.13. The number of hydrogen-bond acceptors (Lipinski definition) is 3. The van der Waals surface area contributed by atoms with Gasteiger partial charge in [0, 0.05) is 17.8 Å². The van der Waals surface area contributed by atoms with Crippen molar-refractivity contribution in [2.45, 2.75) is 44.6 Å². The number of nitrogens with zero attached hydrogens (tertiary/aromatic N) is 2. The van der Waals surface area contributed by atoms with Crippen molar-refractivity contribution in [1.82, 2.24) is 9.97 Å². The largest absolute Gasteiger partial charge is 0.324 e. The molecule has 0 atom stereocenters. The van der Waals surface area contributed by atoms with Crippen LogP contribution in [-0.4, -0.2) is 9.97 Å². The highest BCUT2D eigenvalue weighted by Crippen LogP contribution is 2.59. The monoisotopic (exact) mass is 243 g/mol. The van der Waals surface area contributed by atoms with Crippen LogP contribution in [0.3, 0.4) is 0 Å². The molecular formula is C15H21N3. The zero-order chi connectivity index (χ0) is 12.1. The molecule has 2 N–H and O–H groups in total. The molecule has 4 bridgehead atoms. The van der Waals surface area contributed by atoms with Gasteiger partial charge in [-0.2, -0.15) is 0 Å². The Labute approximate surface area is 108 Å². The normalized spacial score (nSPS) is 41.3. The van der Waals surface area contributed by atoms with E-state index in [0.717, 1.165) is 29.5 Å².